The Labute approximate surface area is 177 Å². The summed E-state index contributed by atoms with van der Waals surface area (Å²) in [7, 11) is 0. The van der Waals surface area contributed by atoms with E-state index in [0.717, 1.165) is 87.4 Å². The number of aromatic nitrogens is 4. The van der Waals surface area contributed by atoms with E-state index in [1.54, 1.807) is 6.33 Å². The highest BCUT2D eigenvalue weighted by Gasteiger charge is 2.08. The standard InChI is InChI=1S/C22H30N8/c1-3-18-11-23-7-9-30(16-22-15-26-17-27-22)10-8-24-12-19-4-2-6-21(29-19)14-25-13-20(5-1)28-18/h1-6,15,17,23-25H,7-14,16H2,(H,26,27). The molecule has 3 aromatic rings. The summed E-state index contributed by atoms with van der Waals surface area (Å²) in [6.45, 7) is 7.58. The van der Waals surface area contributed by atoms with Gasteiger partial charge in [0.05, 0.1) is 29.1 Å². The summed E-state index contributed by atoms with van der Waals surface area (Å²) >= 11 is 0. The van der Waals surface area contributed by atoms with Gasteiger partial charge in [-0.3, -0.25) is 14.9 Å². The zero-order valence-corrected chi connectivity index (χ0v) is 17.3. The molecular formula is C22H30N8. The van der Waals surface area contributed by atoms with Crippen molar-refractivity contribution in [3.8, 4) is 0 Å². The Morgan fingerprint density at radius 3 is 1.77 bits per heavy atom. The van der Waals surface area contributed by atoms with Gasteiger partial charge in [0.25, 0.3) is 0 Å². The van der Waals surface area contributed by atoms with Crippen LogP contribution in [0, 0.1) is 0 Å². The van der Waals surface area contributed by atoms with Crippen LogP contribution < -0.4 is 16.0 Å². The van der Waals surface area contributed by atoms with E-state index in [-0.39, 0.29) is 0 Å². The van der Waals surface area contributed by atoms with Crippen LogP contribution in [0.5, 0.6) is 0 Å². The Morgan fingerprint density at radius 2 is 1.27 bits per heavy atom. The molecule has 0 aliphatic carbocycles. The van der Waals surface area contributed by atoms with E-state index >= 15 is 0 Å². The summed E-state index contributed by atoms with van der Waals surface area (Å²) < 4.78 is 0. The number of pyridine rings is 2. The lowest BCUT2D eigenvalue weighted by molar-refractivity contribution is 0.261. The van der Waals surface area contributed by atoms with Crippen LogP contribution in [0.25, 0.3) is 0 Å². The first-order valence-corrected chi connectivity index (χ1v) is 10.6. The van der Waals surface area contributed by atoms with Gasteiger partial charge in [0, 0.05) is 70.8 Å². The van der Waals surface area contributed by atoms with E-state index in [2.05, 4.69) is 67.2 Å². The van der Waals surface area contributed by atoms with Crippen LogP contribution in [0.3, 0.4) is 0 Å². The molecule has 0 unspecified atom stereocenters. The number of rotatable bonds is 2. The van der Waals surface area contributed by atoms with Crippen molar-refractivity contribution >= 4 is 0 Å². The minimum atomic E-state index is 0.732. The normalized spacial score (nSPS) is 17.2. The summed E-state index contributed by atoms with van der Waals surface area (Å²) in [4.78, 5) is 19.3. The first-order chi connectivity index (χ1) is 14.8. The van der Waals surface area contributed by atoms with Crippen LogP contribution in [0.2, 0.25) is 0 Å². The van der Waals surface area contributed by atoms with Crippen molar-refractivity contribution in [2.75, 3.05) is 26.2 Å². The second kappa shape index (κ2) is 10.9. The molecule has 0 radical (unpaired) electrons. The predicted octanol–water partition coefficient (Wildman–Crippen LogP) is 1.18. The molecule has 1 aliphatic rings. The number of H-pyrrole nitrogens is 1. The molecule has 158 valence electrons. The van der Waals surface area contributed by atoms with Gasteiger partial charge in [-0.05, 0) is 24.3 Å². The summed E-state index contributed by atoms with van der Waals surface area (Å²) in [5.74, 6) is 0. The third kappa shape index (κ3) is 6.43. The molecule has 4 heterocycles. The first kappa shape index (κ1) is 20.6. The van der Waals surface area contributed by atoms with E-state index in [9.17, 15) is 0 Å². The summed E-state index contributed by atoms with van der Waals surface area (Å²) in [6.07, 6.45) is 3.63. The van der Waals surface area contributed by atoms with E-state index in [1.165, 1.54) is 0 Å². The number of hydrogen-bond donors (Lipinski definition) is 4. The second-order valence-electron chi connectivity index (χ2n) is 7.55. The predicted molar refractivity (Wildman–Crippen MR) is 116 cm³/mol. The highest BCUT2D eigenvalue weighted by molar-refractivity contribution is 5.13. The minimum Gasteiger partial charge on any atom is -0.347 e. The Balaban J connectivity index is 1.43. The minimum absolute atomic E-state index is 0.732. The van der Waals surface area contributed by atoms with Crippen LogP contribution in [-0.2, 0) is 32.7 Å². The molecule has 0 aromatic carbocycles. The molecule has 4 bridgehead atoms. The largest absolute Gasteiger partial charge is 0.347 e. The van der Waals surface area contributed by atoms with Crippen molar-refractivity contribution in [1.29, 1.82) is 0 Å². The van der Waals surface area contributed by atoms with Crippen LogP contribution in [0.4, 0.5) is 0 Å². The molecule has 3 aromatic heterocycles. The lowest BCUT2D eigenvalue weighted by Crippen LogP contribution is -2.36. The van der Waals surface area contributed by atoms with E-state index in [0.29, 0.717) is 0 Å². The van der Waals surface area contributed by atoms with E-state index in [1.807, 2.05) is 6.20 Å². The number of nitrogens with zero attached hydrogens (tertiary/aromatic N) is 4. The van der Waals surface area contributed by atoms with Gasteiger partial charge in [-0.15, -0.1) is 0 Å². The molecule has 0 spiro atoms. The highest BCUT2D eigenvalue weighted by Crippen LogP contribution is 2.04. The van der Waals surface area contributed by atoms with Gasteiger partial charge in [0.2, 0.25) is 0 Å². The average Bonchev–Trinajstić information content (AvgIpc) is 3.27. The lowest BCUT2D eigenvalue weighted by atomic mass is 10.2. The zero-order chi connectivity index (χ0) is 20.4. The van der Waals surface area contributed by atoms with Crippen LogP contribution in [0.1, 0.15) is 28.5 Å². The molecule has 0 saturated carbocycles. The Bertz CT molecular complexity index is 840. The first-order valence-electron chi connectivity index (χ1n) is 10.6. The molecule has 1 aliphatic heterocycles. The monoisotopic (exact) mass is 406 g/mol. The Hall–Kier alpha value is -2.65. The van der Waals surface area contributed by atoms with Crippen molar-refractivity contribution in [1.82, 2.24) is 40.8 Å². The van der Waals surface area contributed by atoms with Crippen molar-refractivity contribution in [2.24, 2.45) is 0 Å². The third-order valence-electron chi connectivity index (χ3n) is 5.11. The molecule has 30 heavy (non-hydrogen) atoms. The quantitative estimate of drug-likeness (QED) is 0.508. The maximum absolute atomic E-state index is 4.76. The fourth-order valence-electron chi connectivity index (χ4n) is 3.56. The molecule has 4 N–H and O–H groups in total. The summed E-state index contributed by atoms with van der Waals surface area (Å²) in [6, 6.07) is 12.4. The molecule has 4 rings (SSSR count). The Kier molecular flexibility index (Phi) is 7.51. The maximum Gasteiger partial charge on any atom is 0.0922 e. The Morgan fingerprint density at radius 1 is 0.733 bits per heavy atom. The van der Waals surface area contributed by atoms with Gasteiger partial charge in [0.1, 0.15) is 0 Å². The molecule has 0 fully saturated rings. The van der Waals surface area contributed by atoms with E-state index in [4.69, 9.17) is 9.97 Å². The molecule has 0 atom stereocenters. The van der Waals surface area contributed by atoms with Crippen LogP contribution >= 0.6 is 0 Å². The number of nitrogens with one attached hydrogen (secondary N) is 4. The number of aromatic amines is 1. The van der Waals surface area contributed by atoms with Crippen molar-refractivity contribution in [3.63, 3.8) is 0 Å². The number of hydrogen-bond acceptors (Lipinski definition) is 7. The smallest absolute Gasteiger partial charge is 0.0922 e. The van der Waals surface area contributed by atoms with Crippen LogP contribution in [-0.4, -0.2) is 51.0 Å². The number of imidazole rings is 1. The maximum atomic E-state index is 4.76. The molecular weight excluding hydrogens is 376 g/mol. The second-order valence-corrected chi connectivity index (χ2v) is 7.55. The van der Waals surface area contributed by atoms with Gasteiger partial charge in [-0.2, -0.15) is 0 Å². The fourth-order valence-corrected chi connectivity index (χ4v) is 3.56. The van der Waals surface area contributed by atoms with Gasteiger partial charge < -0.3 is 20.9 Å². The molecule has 8 nitrogen and oxygen atoms in total. The lowest BCUT2D eigenvalue weighted by Gasteiger charge is -2.22. The molecule has 0 saturated heterocycles. The number of fused-ring (bicyclic) bond motifs is 4. The fraction of sp³-hybridized carbons (Fsp3) is 0.409. The van der Waals surface area contributed by atoms with Crippen molar-refractivity contribution < 1.29 is 0 Å². The van der Waals surface area contributed by atoms with Crippen LogP contribution in [0.15, 0.2) is 48.9 Å². The topological polar surface area (TPSA) is 93.8 Å². The summed E-state index contributed by atoms with van der Waals surface area (Å²) in [5, 5.41) is 10.5. The SMILES string of the molecule is c1cc2nc(c1)CNCc1cccc(n1)CNCCN(Cc1cnc[nH]1)CCNC2. The zero-order valence-electron chi connectivity index (χ0n) is 17.3. The van der Waals surface area contributed by atoms with Gasteiger partial charge >= 0.3 is 0 Å². The van der Waals surface area contributed by atoms with E-state index < -0.39 is 0 Å². The van der Waals surface area contributed by atoms with Gasteiger partial charge in [-0.25, -0.2) is 4.98 Å². The van der Waals surface area contributed by atoms with Gasteiger partial charge in [-0.1, -0.05) is 12.1 Å². The molecule has 8 heteroatoms. The van der Waals surface area contributed by atoms with Crippen molar-refractivity contribution in [2.45, 2.75) is 32.7 Å². The third-order valence-corrected chi connectivity index (χ3v) is 5.11. The summed E-state index contributed by atoms with van der Waals surface area (Å²) in [5.41, 5.74) is 5.37. The highest BCUT2D eigenvalue weighted by atomic mass is 15.2. The average molecular weight is 407 g/mol. The van der Waals surface area contributed by atoms with Crippen molar-refractivity contribution in [3.05, 3.63) is 77.4 Å². The van der Waals surface area contributed by atoms with Gasteiger partial charge in [0.15, 0.2) is 0 Å². The molecule has 0 amide bonds.